The van der Waals surface area contributed by atoms with Crippen molar-refractivity contribution in [3.63, 3.8) is 0 Å². The topological polar surface area (TPSA) is 60.7 Å². The summed E-state index contributed by atoms with van der Waals surface area (Å²) in [6.07, 6.45) is 1.70. The summed E-state index contributed by atoms with van der Waals surface area (Å²) >= 11 is 0. The molecule has 112 valence electrons. The molecule has 3 N–H and O–H groups in total. The fraction of sp³-hybridized carbons (Fsp3) is 0.100. The Balaban J connectivity index is 1.96. The minimum absolute atomic E-state index is 0.225. The molecule has 2 aliphatic rings. The molecule has 5 rings (SSSR count). The average Bonchev–Trinajstić information content (AvgIpc) is 2.86. The highest BCUT2D eigenvalue weighted by molar-refractivity contribution is 6.17. The van der Waals surface area contributed by atoms with Crippen LogP contribution in [0.5, 0.6) is 5.75 Å². The molecule has 0 bridgehead atoms. The van der Waals surface area contributed by atoms with Gasteiger partial charge in [0.05, 0.1) is 0 Å². The van der Waals surface area contributed by atoms with E-state index in [0.29, 0.717) is 0 Å². The van der Waals surface area contributed by atoms with Crippen LogP contribution in [-0.2, 0) is 0 Å². The number of phenolic OH excluding ortho intramolecular Hbond substituents is 1. The van der Waals surface area contributed by atoms with Crippen LogP contribution in [0.4, 0.5) is 0 Å². The van der Waals surface area contributed by atoms with Gasteiger partial charge in [0, 0.05) is 0 Å². The summed E-state index contributed by atoms with van der Waals surface area (Å²) in [5, 5.41) is 32.4. The Morgan fingerprint density at radius 3 is 2.57 bits per heavy atom. The molecule has 3 heteroatoms. The van der Waals surface area contributed by atoms with E-state index in [1.54, 1.807) is 18.2 Å². The molecule has 0 unspecified atom stereocenters. The van der Waals surface area contributed by atoms with Gasteiger partial charge in [-0.25, -0.2) is 0 Å². The molecule has 0 saturated carbocycles. The van der Waals surface area contributed by atoms with Crippen molar-refractivity contribution in [2.75, 3.05) is 0 Å². The van der Waals surface area contributed by atoms with Crippen molar-refractivity contribution in [2.45, 2.75) is 12.2 Å². The van der Waals surface area contributed by atoms with Gasteiger partial charge in [-0.3, -0.25) is 0 Å². The van der Waals surface area contributed by atoms with Crippen molar-refractivity contribution >= 4 is 16.8 Å². The quantitative estimate of drug-likeness (QED) is 0.465. The Morgan fingerprint density at radius 2 is 1.70 bits per heavy atom. The lowest BCUT2D eigenvalue weighted by Gasteiger charge is -2.24. The summed E-state index contributed by atoms with van der Waals surface area (Å²) in [7, 11) is 0. The fourth-order valence-electron chi connectivity index (χ4n) is 3.87. The van der Waals surface area contributed by atoms with Gasteiger partial charge in [0.25, 0.3) is 0 Å². The molecule has 2 aliphatic carbocycles. The molecule has 0 amide bonds. The second-order valence-corrected chi connectivity index (χ2v) is 6.18. The molecule has 3 nitrogen and oxygen atoms in total. The van der Waals surface area contributed by atoms with E-state index in [0.717, 1.165) is 44.2 Å². The normalized spacial score (nSPS) is 20.6. The van der Waals surface area contributed by atoms with Crippen LogP contribution >= 0.6 is 0 Å². The third-order valence-corrected chi connectivity index (χ3v) is 4.92. The van der Waals surface area contributed by atoms with Gasteiger partial charge in [-0.15, -0.1) is 0 Å². The van der Waals surface area contributed by atoms with Gasteiger partial charge >= 0.3 is 0 Å². The van der Waals surface area contributed by atoms with Crippen molar-refractivity contribution in [1.82, 2.24) is 0 Å². The number of aliphatic hydroxyl groups excluding tert-OH is 2. The van der Waals surface area contributed by atoms with E-state index in [-0.39, 0.29) is 5.75 Å². The maximum absolute atomic E-state index is 10.4. The minimum Gasteiger partial charge on any atom is -0.508 e. The van der Waals surface area contributed by atoms with E-state index in [9.17, 15) is 15.3 Å². The third kappa shape index (κ3) is 1.55. The second kappa shape index (κ2) is 4.22. The number of aromatic hydroxyl groups is 1. The SMILES string of the molecule is Oc1ccc2c(c1)-c1cc3c(c4cccc-2c14)C=C[C@H](O)[C@H]3O. The van der Waals surface area contributed by atoms with Gasteiger partial charge in [0.1, 0.15) is 18.0 Å². The zero-order valence-corrected chi connectivity index (χ0v) is 12.2. The van der Waals surface area contributed by atoms with Gasteiger partial charge in [-0.2, -0.15) is 0 Å². The Hall–Kier alpha value is -2.62. The molecule has 0 fully saturated rings. The molecule has 0 radical (unpaired) electrons. The maximum atomic E-state index is 10.4. The zero-order chi connectivity index (χ0) is 15.7. The van der Waals surface area contributed by atoms with Crippen LogP contribution in [0.25, 0.3) is 39.1 Å². The van der Waals surface area contributed by atoms with Gasteiger partial charge in [-0.1, -0.05) is 36.4 Å². The van der Waals surface area contributed by atoms with Crippen LogP contribution in [-0.4, -0.2) is 21.4 Å². The van der Waals surface area contributed by atoms with Gasteiger partial charge in [0.2, 0.25) is 0 Å². The lowest BCUT2D eigenvalue weighted by molar-refractivity contribution is 0.0471. The van der Waals surface area contributed by atoms with Crippen LogP contribution in [0.3, 0.4) is 0 Å². The summed E-state index contributed by atoms with van der Waals surface area (Å²) in [6, 6.07) is 13.5. The standard InChI is InChI=1S/C20H14O3/c21-10-4-5-11-13-2-1-3-14-12-6-7-18(22)20(23)17(12)9-16(19(13)14)15(11)8-10/h1-9,18,20-23H/t18-,20-/m0/s1. The van der Waals surface area contributed by atoms with Crippen molar-refractivity contribution in [2.24, 2.45) is 0 Å². The number of hydrogen-bond donors (Lipinski definition) is 3. The Kier molecular flexibility index (Phi) is 2.36. The van der Waals surface area contributed by atoms with Crippen LogP contribution < -0.4 is 0 Å². The number of hydrogen-bond acceptors (Lipinski definition) is 3. The zero-order valence-electron chi connectivity index (χ0n) is 12.2. The first-order valence-electron chi connectivity index (χ1n) is 7.63. The van der Waals surface area contributed by atoms with Crippen molar-refractivity contribution < 1.29 is 15.3 Å². The van der Waals surface area contributed by atoms with E-state index in [2.05, 4.69) is 6.07 Å². The van der Waals surface area contributed by atoms with Crippen LogP contribution in [0, 0.1) is 0 Å². The molecule has 2 atom stereocenters. The molecule has 0 aromatic heterocycles. The molecule has 3 aromatic rings. The van der Waals surface area contributed by atoms with Crippen molar-refractivity contribution in [1.29, 1.82) is 0 Å². The lowest BCUT2D eigenvalue weighted by atomic mass is 9.86. The average molecular weight is 302 g/mol. The molecular weight excluding hydrogens is 288 g/mol. The fourth-order valence-corrected chi connectivity index (χ4v) is 3.87. The largest absolute Gasteiger partial charge is 0.508 e. The Labute approximate surface area is 132 Å². The van der Waals surface area contributed by atoms with E-state index in [4.69, 9.17) is 0 Å². The van der Waals surface area contributed by atoms with Crippen LogP contribution in [0.2, 0.25) is 0 Å². The molecular formula is C20H14O3. The molecule has 0 heterocycles. The Bertz CT molecular complexity index is 1020. The summed E-state index contributed by atoms with van der Waals surface area (Å²) in [5.41, 5.74) is 5.89. The molecule has 23 heavy (non-hydrogen) atoms. The van der Waals surface area contributed by atoms with Crippen LogP contribution in [0.15, 0.2) is 48.5 Å². The molecule has 0 spiro atoms. The van der Waals surface area contributed by atoms with Crippen LogP contribution in [0.1, 0.15) is 17.2 Å². The van der Waals surface area contributed by atoms with E-state index in [1.807, 2.05) is 30.3 Å². The van der Waals surface area contributed by atoms with Gasteiger partial charge in [-0.05, 0) is 62.4 Å². The summed E-state index contributed by atoms with van der Waals surface area (Å²) in [6.45, 7) is 0. The summed E-state index contributed by atoms with van der Waals surface area (Å²) in [4.78, 5) is 0. The number of rotatable bonds is 0. The summed E-state index contributed by atoms with van der Waals surface area (Å²) < 4.78 is 0. The molecule has 0 aliphatic heterocycles. The van der Waals surface area contributed by atoms with E-state index in [1.165, 1.54) is 0 Å². The highest BCUT2D eigenvalue weighted by Crippen LogP contribution is 2.51. The van der Waals surface area contributed by atoms with Crippen molar-refractivity contribution in [3.8, 4) is 28.0 Å². The van der Waals surface area contributed by atoms with Gasteiger partial charge < -0.3 is 15.3 Å². The third-order valence-electron chi connectivity index (χ3n) is 4.92. The first-order chi connectivity index (χ1) is 11.1. The van der Waals surface area contributed by atoms with E-state index >= 15 is 0 Å². The lowest BCUT2D eigenvalue weighted by Crippen LogP contribution is -2.19. The van der Waals surface area contributed by atoms with E-state index < -0.39 is 12.2 Å². The molecule has 3 aromatic carbocycles. The highest BCUT2D eigenvalue weighted by atomic mass is 16.3. The predicted octanol–water partition coefficient (Wildman–Crippen LogP) is 3.61. The smallest absolute Gasteiger partial charge is 0.116 e. The van der Waals surface area contributed by atoms with Crippen molar-refractivity contribution in [3.05, 3.63) is 59.7 Å². The molecule has 0 saturated heterocycles. The second-order valence-electron chi connectivity index (χ2n) is 6.18. The first kappa shape index (κ1) is 12.9. The number of phenols is 1. The first-order valence-corrected chi connectivity index (χ1v) is 7.63. The number of benzene rings is 3. The summed E-state index contributed by atoms with van der Waals surface area (Å²) in [5.74, 6) is 0.225. The monoisotopic (exact) mass is 302 g/mol. The Morgan fingerprint density at radius 1 is 0.826 bits per heavy atom. The number of fused-ring (bicyclic) bond motifs is 5. The predicted molar refractivity (Wildman–Crippen MR) is 90.0 cm³/mol. The highest BCUT2D eigenvalue weighted by Gasteiger charge is 2.29. The van der Waals surface area contributed by atoms with Gasteiger partial charge in [0.15, 0.2) is 0 Å². The maximum Gasteiger partial charge on any atom is 0.116 e. The minimum atomic E-state index is -0.930. The number of aliphatic hydroxyl groups is 2.